The number of amides is 4. The van der Waals surface area contributed by atoms with Crippen molar-refractivity contribution in [3.63, 3.8) is 0 Å². The first kappa shape index (κ1) is 45.2. The van der Waals surface area contributed by atoms with Gasteiger partial charge in [-0.3, -0.25) is 9.59 Å². The number of thioether (sulfide) groups is 2. The molecule has 26 heteroatoms. The fourth-order valence-corrected chi connectivity index (χ4v) is 9.21. The molecule has 2 aliphatic rings. The lowest BCUT2D eigenvalue weighted by Gasteiger charge is -2.39. The van der Waals surface area contributed by atoms with Crippen LogP contribution in [0.25, 0.3) is 0 Å². The quantitative estimate of drug-likeness (QED) is 0.0698. The Hall–Kier alpha value is -5.54. The molecule has 2 aromatic heterocycles. The second-order valence-corrected chi connectivity index (χ2v) is 16.0. The van der Waals surface area contributed by atoms with E-state index in [1.165, 1.54) is 22.7 Å². The van der Waals surface area contributed by atoms with Gasteiger partial charge in [-0.2, -0.15) is 0 Å². The van der Waals surface area contributed by atoms with Crippen LogP contribution in [0.1, 0.15) is 9.75 Å². The SMILES string of the molecule is COC(NC(=O)Cc1cccs1)(C(=O)O)C1NC(C(=O)O)=C(COC(=O)NNC(=O)OCC2=C(C(=O)O)NC(C(NC(=O)Cc3cccs3)(OC)C(=O)O)SC2)CS1. The third-order valence-electron chi connectivity index (χ3n) is 8.05. The average molecular weight is 889 g/mol. The van der Waals surface area contributed by atoms with Crippen LogP contribution in [0.3, 0.4) is 0 Å². The number of thiophene rings is 2. The van der Waals surface area contributed by atoms with Gasteiger partial charge >= 0.3 is 36.1 Å². The summed E-state index contributed by atoms with van der Waals surface area (Å²) >= 11 is 4.23. The number of rotatable bonds is 18. The first-order valence-corrected chi connectivity index (χ1v) is 20.2. The maximum absolute atomic E-state index is 12.7. The second-order valence-electron chi connectivity index (χ2n) is 11.7. The number of carboxylic acids is 4. The van der Waals surface area contributed by atoms with E-state index in [4.69, 9.17) is 18.9 Å². The van der Waals surface area contributed by atoms with E-state index in [2.05, 4.69) is 21.3 Å². The molecule has 0 aliphatic carbocycles. The predicted octanol–water partition coefficient (Wildman–Crippen LogP) is 0.0516. The molecule has 4 rings (SSSR count). The molecule has 22 nitrogen and oxygen atoms in total. The van der Waals surface area contributed by atoms with E-state index in [0.717, 1.165) is 37.7 Å². The maximum Gasteiger partial charge on any atom is 0.426 e. The van der Waals surface area contributed by atoms with Crippen molar-refractivity contribution < 1.29 is 77.7 Å². The lowest BCUT2D eigenvalue weighted by atomic mass is 10.1. The number of hydrazine groups is 1. The summed E-state index contributed by atoms with van der Waals surface area (Å²) in [6.45, 7) is -1.30. The number of hydrogen-bond donors (Lipinski definition) is 10. The van der Waals surface area contributed by atoms with E-state index in [0.29, 0.717) is 9.75 Å². The van der Waals surface area contributed by atoms with Gasteiger partial charge in [0.2, 0.25) is 11.8 Å². The Bertz CT molecular complexity index is 1820. The summed E-state index contributed by atoms with van der Waals surface area (Å²) in [5.41, 5.74) is -2.17. The molecule has 4 heterocycles. The minimum atomic E-state index is -2.40. The number of nitrogens with one attached hydrogen (secondary N) is 6. The molecule has 0 spiro atoms. The van der Waals surface area contributed by atoms with Crippen molar-refractivity contribution in [2.45, 2.75) is 35.0 Å². The zero-order valence-electron chi connectivity index (χ0n) is 30.2. The van der Waals surface area contributed by atoms with E-state index >= 15 is 0 Å². The smallest absolute Gasteiger partial charge is 0.426 e. The Kier molecular flexibility index (Phi) is 15.8. The number of ether oxygens (including phenoxy) is 4. The summed E-state index contributed by atoms with van der Waals surface area (Å²) < 4.78 is 20.5. The molecule has 314 valence electrons. The van der Waals surface area contributed by atoms with E-state index in [-0.39, 0.29) is 35.5 Å². The summed E-state index contributed by atoms with van der Waals surface area (Å²) in [6.07, 6.45) is -2.89. The summed E-state index contributed by atoms with van der Waals surface area (Å²) in [5, 5.41) is 50.3. The Morgan fingerprint density at radius 2 is 1.05 bits per heavy atom. The lowest BCUT2D eigenvalue weighted by molar-refractivity contribution is -0.171. The Morgan fingerprint density at radius 3 is 1.34 bits per heavy atom. The number of carbonyl (C=O) groups excluding carboxylic acids is 4. The zero-order chi connectivity index (χ0) is 42.6. The number of hydrogen-bond acceptors (Lipinski definition) is 18. The molecule has 2 aromatic rings. The van der Waals surface area contributed by atoms with E-state index in [1.54, 1.807) is 35.0 Å². The topological polar surface area (TPSA) is 327 Å². The van der Waals surface area contributed by atoms with Crippen LogP contribution in [0, 0.1) is 0 Å². The molecule has 0 bridgehead atoms. The molecule has 4 atom stereocenters. The first-order valence-electron chi connectivity index (χ1n) is 16.3. The van der Waals surface area contributed by atoms with Gasteiger partial charge < -0.3 is 60.6 Å². The van der Waals surface area contributed by atoms with Gasteiger partial charge in [0.15, 0.2) is 0 Å². The molecule has 58 heavy (non-hydrogen) atoms. The summed E-state index contributed by atoms with van der Waals surface area (Å²) in [7, 11) is 2.06. The highest BCUT2D eigenvalue weighted by Crippen LogP contribution is 2.33. The van der Waals surface area contributed by atoms with Crippen molar-refractivity contribution in [1.82, 2.24) is 32.1 Å². The first-order chi connectivity index (χ1) is 27.5. The van der Waals surface area contributed by atoms with Gasteiger partial charge in [0.25, 0.3) is 11.4 Å². The Balaban J connectivity index is 1.31. The van der Waals surface area contributed by atoms with Crippen LogP contribution < -0.4 is 32.1 Å². The summed E-state index contributed by atoms with van der Waals surface area (Å²) in [6, 6.07) is 6.77. The minimum absolute atomic E-state index is 0.0111. The molecular formula is C32H36N6O16S4. The zero-order valence-corrected chi connectivity index (χ0v) is 33.4. The third kappa shape index (κ3) is 11.1. The average Bonchev–Trinajstić information content (AvgIpc) is 3.91. The molecule has 0 aromatic carbocycles. The van der Waals surface area contributed by atoms with Crippen LogP contribution in [-0.2, 0) is 60.6 Å². The van der Waals surface area contributed by atoms with Gasteiger partial charge in [-0.25, -0.2) is 39.6 Å². The van der Waals surface area contributed by atoms with Gasteiger partial charge in [-0.05, 0) is 22.9 Å². The fourth-order valence-electron chi connectivity index (χ4n) is 5.23. The van der Waals surface area contributed by atoms with Crippen LogP contribution in [0.15, 0.2) is 57.6 Å². The van der Waals surface area contributed by atoms with Crippen LogP contribution in [-0.4, -0.2) is 129 Å². The van der Waals surface area contributed by atoms with Gasteiger partial charge in [-0.15, -0.1) is 46.2 Å². The number of carboxylic acid groups (broad SMARTS) is 4. The van der Waals surface area contributed by atoms with Crippen molar-refractivity contribution in [2.75, 3.05) is 38.9 Å². The molecule has 0 saturated heterocycles. The molecule has 4 amide bonds. The van der Waals surface area contributed by atoms with Crippen molar-refractivity contribution in [3.8, 4) is 0 Å². The number of carbonyl (C=O) groups is 8. The van der Waals surface area contributed by atoms with Crippen molar-refractivity contribution >= 4 is 94.1 Å². The van der Waals surface area contributed by atoms with Crippen molar-refractivity contribution in [1.29, 1.82) is 0 Å². The molecule has 0 fully saturated rings. The van der Waals surface area contributed by atoms with Crippen LogP contribution in [0.5, 0.6) is 0 Å². The highest BCUT2D eigenvalue weighted by Gasteiger charge is 2.52. The van der Waals surface area contributed by atoms with E-state index < -0.39 is 94.7 Å². The van der Waals surface area contributed by atoms with Gasteiger partial charge in [0, 0.05) is 46.6 Å². The molecule has 4 unspecified atom stereocenters. The van der Waals surface area contributed by atoms with Gasteiger partial charge in [0.1, 0.15) is 35.4 Å². The maximum atomic E-state index is 12.7. The summed E-state index contributed by atoms with van der Waals surface area (Å²) in [5.74, 6) is -8.12. The molecule has 0 radical (unpaired) electrons. The van der Waals surface area contributed by atoms with Crippen LogP contribution in [0.2, 0.25) is 0 Å². The molecule has 0 saturated carbocycles. The predicted molar refractivity (Wildman–Crippen MR) is 204 cm³/mol. The normalized spacial score (nSPS) is 18.5. The lowest BCUT2D eigenvalue weighted by Crippen LogP contribution is -2.67. The largest absolute Gasteiger partial charge is 0.478 e. The monoisotopic (exact) mass is 888 g/mol. The van der Waals surface area contributed by atoms with Gasteiger partial charge in [-0.1, -0.05) is 12.1 Å². The number of methoxy groups -OCH3 is 2. The third-order valence-corrected chi connectivity index (χ3v) is 12.4. The number of aliphatic carboxylic acids is 4. The summed E-state index contributed by atoms with van der Waals surface area (Å²) in [4.78, 5) is 101. The van der Waals surface area contributed by atoms with Crippen molar-refractivity contribution in [3.05, 3.63) is 67.3 Å². The van der Waals surface area contributed by atoms with Crippen LogP contribution in [0.4, 0.5) is 9.59 Å². The van der Waals surface area contributed by atoms with Crippen LogP contribution >= 0.6 is 46.2 Å². The van der Waals surface area contributed by atoms with Crippen molar-refractivity contribution in [2.24, 2.45) is 0 Å². The highest BCUT2D eigenvalue weighted by molar-refractivity contribution is 8.00. The van der Waals surface area contributed by atoms with E-state index in [9.17, 15) is 58.8 Å². The molecular weight excluding hydrogens is 853 g/mol. The Labute approximate surface area is 344 Å². The minimum Gasteiger partial charge on any atom is -0.478 e. The molecule has 10 N–H and O–H groups in total. The van der Waals surface area contributed by atoms with Gasteiger partial charge in [0.05, 0.1) is 12.8 Å². The second kappa shape index (κ2) is 20.2. The van der Waals surface area contributed by atoms with E-state index in [1.807, 2.05) is 10.9 Å². The Morgan fingerprint density at radius 1 is 0.672 bits per heavy atom. The fraction of sp³-hybridized carbons (Fsp3) is 0.375. The standard InChI is InChI=1S/C32H36N6O16S4/c1-51-31(27(45)46,35-19(39)9-17-5-3-7-55-17)25-33-21(23(41)42)15(13-57-25)11-53-29(49)37-38-30(50)54-12-16-14-58-26(34-22(16)24(43)44)32(52-2,28(47)48)36-20(40)10-18-6-4-8-56-18/h3-8,25-26,33-34H,9-14H2,1-2H3,(H,35,39)(H,36,40)(H,37,49)(H,38,50)(H,41,42)(H,43,44)(H,45,46)(H,47,48). The highest BCUT2D eigenvalue weighted by atomic mass is 32.2. The molecule has 2 aliphatic heterocycles.